The summed E-state index contributed by atoms with van der Waals surface area (Å²) in [6.07, 6.45) is 1.89. The molecule has 0 saturated heterocycles. The minimum absolute atomic E-state index is 0.210. The molecule has 0 aliphatic rings. The monoisotopic (exact) mass is 215 g/mol. The smallest absolute Gasteiger partial charge is 0.321 e. The zero-order valence-corrected chi connectivity index (χ0v) is 9.91. The number of carboxylic acid groups (broad SMARTS) is 1. The molecule has 1 unspecified atom stereocenters. The molecule has 0 fully saturated rings. The number of carboxylic acids is 1. The highest BCUT2D eigenvalue weighted by Gasteiger charge is 2.36. The molecule has 0 aliphatic heterocycles. The van der Waals surface area contributed by atoms with Crippen molar-refractivity contribution in [2.45, 2.75) is 46.6 Å². The molecule has 0 aliphatic carbocycles. The summed E-state index contributed by atoms with van der Waals surface area (Å²) in [6.45, 7) is 7.52. The van der Waals surface area contributed by atoms with Crippen LogP contribution in [0.1, 0.15) is 40.5 Å². The molecule has 0 aromatic rings. The van der Waals surface area contributed by atoms with Gasteiger partial charge in [-0.05, 0) is 17.3 Å². The number of nitrogens with two attached hydrogens (primary N) is 1. The van der Waals surface area contributed by atoms with Crippen LogP contribution in [0.15, 0.2) is 0 Å². The number of aldehydes is 1. The lowest BCUT2D eigenvalue weighted by Gasteiger charge is -2.36. The molecular formula is C11H21NO3. The number of carbonyl (C=O) groups excluding carboxylic acids is 1. The largest absolute Gasteiger partial charge is 0.480 e. The first-order valence-electron chi connectivity index (χ1n) is 5.04. The van der Waals surface area contributed by atoms with Crippen molar-refractivity contribution in [2.24, 2.45) is 16.6 Å². The summed E-state index contributed by atoms with van der Waals surface area (Å²) in [6, 6.07) is -0.900. The highest BCUT2D eigenvalue weighted by Crippen LogP contribution is 2.37. The van der Waals surface area contributed by atoms with Gasteiger partial charge in [0.1, 0.15) is 12.3 Å². The summed E-state index contributed by atoms with van der Waals surface area (Å²) < 4.78 is 0. The highest BCUT2D eigenvalue weighted by molar-refractivity contribution is 5.74. The van der Waals surface area contributed by atoms with Gasteiger partial charge in [0, 0.05) is 6.42 Å². The number of rotatable bonds is 6. The van der Waals surface area contributed by atoms with Crippen molar-refractivity contribution < 1.29 is 14.7 Å². The van der Waals surface area contributed by atoms with Crippen molar-refractivity contribution in [3.63, 3.8) is 0 Å². The minimum Gasteiger partial charge on any atom is -0.480 e. The van der Waals surface area contributed by atoms with Gasteiger partial charge in [-0.25, -0.2) is 0 Å². The summed E-state index contributed by atoms with van der Waals surface area (Å²) in [7, 11) is 0. The normalized spacial score (nSPS) is 14.7. The van der Waals surface area contributed by atoms with Gasteiger partial charge >= 0.3 is 5.97 Å². The second kappa shape index (κ2) is 4.75. The average Bonchev–Trinajstić information content (AvgIpc) is 2.00. The molecule has 3 N–H and O–H groups in total. The number of carbonyl (C=O) groups is 2. The van der Waals surface area contributed by atoms with E-state index in [4.69, 9.17) is 10.8 Å². The van der Waals surface area contributed by atoms with Crippen LogP contribution in [0.5, 0.6) is 0 Å². The van der Waals surface area contributed by atoms with E-state index in [1.807, 2.05) is 27.7 Å². The molecule has 0 aromatic heterocycles. The first-order valence-corrected chi connectivity index (χ1v) is 5.04. The van der Waals surface area contributed by atoms with Crippen LogP contribution in [0.2, 0.25) is 0 Å². The Kier molecular flexibility index (Phi) is 4.46. The first-order chi connectivity index (χ1) is 6.62. The van der Waals surface area contributed by atoms with Crippen molar-refractivity contribution in [3.05, 3.63) is 0 Å². The van der Waals surface area contributed by atoms with Crippen LogP contribution in [-0.2, 0) is 9.59 Å². The molecule has 88 valence electrons. The average molecular weight is 215 g/mol. The predicted octanol–water partition coefficient (Wildman–Crippen LogP) is 1.43. The second-order valence-electron chi connectivity index (χ2n) is 5.52. The van der Waals surface area contributed by atoms with Gasteiger partial charge in [-0.15, -0.1) is 0 Å². The van der Waals surface area contributed by atoms with E-state index in [0.29, 0.717) is 12.8 Å². The predicted molar refractivity (Wildman–Crippen MR) is 58.5 cm³/mol. The van der Waals surface area contributed by atoms with Crippen molar-refractivity contribution in [1.29, 1.82) is 0 Å². The summed E-state index contributed by atoms with van der Waals surface area (Å²) in [4.78, 5) is 21.3. The van der Waals surface area contributed by atoms with Crippen LogP contribution < -0.4 is 5.73 Å². The number of hydrogen-bond donors (Lipinski definition) is 2. The minimum atomic E-state index is -0.998. The summed E-state index contributed by atoms with van der Waals surface area (Å²) in [5.74, 6) is -0.998. The molecule has 0 saturated carbocycles. The van der Waals surface area contributed by atoms with Gasteiger partial charge in [0.15, 0.2) is 0 Å². The third-order valence-electron chi connectivity index (χ3n) is 2.68. The topological polar surface area (TPSA) is 80.4 Å². The Labute approximate surface area is 90.8 Å². The van der Waals surface area contributed by atoms with E-state index in [0.717, 1.165) is 6.29 Å². The van der Waals surface area contributed by atoms with Gasteiger partial charge in [-0.1, -0.05) is 27.7 Å². The lowest BCUT2D eigenvalue weighted by Crippen LogP contribution is -2.46. The van der Waals surface area contributed by atoms with Crippen molar-refractivity contribution in [3.8, 4) is 0 Å². The Hall–Kier alpha value is -0.900. The third-order valence-corrected chi connectivity index (χ3v) is 2.68. The summed E-state index contributed by atoms with van der Waals surface area (Å²) in [5.41, 5.74) is 4.88. The van der Waals surface area contributed by atoms with Crippen LogP contribution >= 0.6 is 0 Å². The number of aliphatic carboxylic acids is 1. The van der Waals surface area contributed by atoms with Crippen molar-refractivity contribution >= 4 is 12.3 Å². The second-order valence-corrected chi connectivity index (χ2v) is 5.52. The van der Waals surface area contributed by atoms with E-state index in [2.05, 4.69) is 0 Å². The van der Waals surface area contributed by atoms with Crippen molar-refractivity contribution in [1.82, 2.24) is 0 Å². The van der Waals surface area contributed by atoms with Crippen LogP contribution in [0, 0.1) is 10.8 Å². The lowest BCUT2D eigenvalue weighted by atomic mass is 9.70. The van der Waals surface area contributed by atoms with Gasteiger partial charge in [-0.2, -0.15) is 0 Å². The molecule has 0 spiro atoms. The molecule has 0 aromatic carbocycles. The Morgan fingerprint density at radius 3 is 2.20 bits per heavy atom. The fraction of sp³-hybridized carbons (Fsp3) is 0.818. The molecule has 0 radical (unpaired) electrons. The maximum atomic E-state index is 10.8. The van der Waals surface area contributed by atoms with Crippen LogP contribution in [-0.4, -0.2) is 23.4 Å². The molecule has 1 atom stereocenters. The van der Waals surface area contributed by atoms with E-state index < -0.39 is 17.4 Å². The van der Waals surface area contributed by atoms with Crippen molar-refractivity contribution in [2.75, 3.05) is 0 Å². The Morgan fingerprint density at radius 1 is 1.40 bits per heavy atom. The molecule has 0 amide bonds. The van der Waals surface area contributed by atoms with Gasteiger partial charge < -0.3 is 15.6 Å². The van der Waals surface area contributed by atoms with Gasteiger partial charge in [0.2, 0.25) is 0 Å². The quantitative estimate of drug-likeness (QED) is 0.657. The molecule has 0 heterocycles. The van der Waals surface area contributed by atoms with E-state index in [1.165, 1.54) is 0 Å². The van der Waals surface area contributed by atoms with Gasteiger partial charge in [0.05, 0.1) is 0 Å². The fourth-order valence-electron chi connectivity index (χ4n) is 1.98. The highest BCUT2D eigenvalue weighted by atomic mass is 16.4. The Bertz CT molecular complexity index is 246. The van der Waals surface area contributed by atoms with E-state index in [1.54, 1.807) is 0 Å². The third kappa shape index (κ3) is 4.42. The molecule has 0 rings (SSSR count). The summed E-state index contributed by atoms with van der Waals surface area (Å²) >= 11 is 0. The van der Waals surface area contributed by atoms with E-state index in [9.17, 15) is 9.59 Å². The maximum Gasteiger partial charge on any atom is 0.321 e. The molecule has 4 heteroatoms. The first kappa shape index (κ1) is 14.1. The molecular weight excluding hydrogens is 194 g/mol. The lowest BCUT2D eigenvalue weighted by molar-refractivity contribution is -0.141. The zero-order valence-electron chi connectivity index (χ0n) is 9.91. The summed E-state index contributed by atoms with van der Waals surface area (Å²) in [5, 5.41) is 8.85. The van der Waals surface area contributed by atoms with Gasteiger partial charge in [0.25, 0.3) is 0 Å². The molecule has 0 bridgehead atoms. The van der Waals surface area contributed by atoms with Crippen LogP contribution in [0.3, 0.4) is 0 Å². The Balaban J connectivity index is 4.62. The molecule has 15 heavy (non-hydrogen) atoms. The number of hydrogen-bond acceptors (Lipinski definition) is 3. The SMILES string of the molecule is CC(C)(CC=O)CC(C)(C)C(N)C(=O)O. The van der Waals surface area contributed by atoms with E-state index in [-0.39, 0.29) is 5.41 Å². The molecule has 4 nitrogen and oxygen atoms in total. The fourth-order valence-corrected chi connectivity index (χ4v) is 1.98. The van der Waals surface area contributed by atoms with E-state index >= 15 is 0 Å². The maximum absolute atomic E-state index is 10.8. The van der Waals surface area contributed by atoms with Crippen LogP contribution in [0.4, 0.5) is 0 Å². The van der Waals surface area contributed by atoms with Gasteiger partial charge in [-0.3, -0.25) is 4.79 Å². The zero-order chi connectivity index (χ0) is 12.3. The Morgan fingerprint density at radius 2 is 1.87 bits per heavy atom. The standard InChI is InChI=1S/C11H21NO3/c1-10(2,5-6-13)7-11(3,4)8(12)9(14)15/h6,8H,5,7,12H2,1-4H3,(H,14,15). The van der Waals surface area contributed by atoms with Crippen LogP contribution in [0.25, 0.3) is 0 Å².